The quantitative estimate of drug-likeness (QED) is 0.232. The Morgan fingerprint density at radius 1 is 1.03 bits per heavy atom. The second kappa shape index (κ2) is 11.8. The van der Waals surface area contributed by atoms with Gasteiger partial charge < -0.3 is 4.74 Å². The molecule has 1 unspecified atom stereocenters. The van der Waals surface area contributed by atoms with Crippen LogP contribution in [0.5, 0.6) is 5.75 Å². The number of nitrogens with zero attached hydrogens (tertiary/aromatic N) is 2. The summed E-state index contributed by atoms with van der Waals surface area (Å²) in [7, 11) is -3.83. The number of ether oxygens (including phenoxy) is 1. The Balaban J connectivity index is 0.00000353. The van der Waals surface area contributed by atoms with E-state index in [0.29, 0.717) is 34.5 Å². The number of hydrogen-bond donors (Lipinski definition) is 0. The van der Waals surface area contributed by atoms with Crippen LogP contribution < -0.4 is 4.74 Å². The van der Waals surface area contributed by atoms with Crippen LogP contribution in [0.2, 0.25) is 0 Å². The number of carbonyl (C=O) groups excluding carboxylic acids is 1. The Morgan fingerprint density at radius 3 is 2.51 bits per heavy atom. The minimum atomic E-state index is -3.83. The van der Waals surface area contributed by atoms with Crippen molar-refractivity contribution in [1.82, 2.24) is 8.69 Å². The molecule has 1 atom stereocenters. The monoisotopic (exact) mass is 576 g/mol. The van der Waals surface area contributed by atoms with Crippen molar-refractivity contribution in [2.45, 2.75) is 18.8 Å². The number of aromatic nitrogens is 1. The Hall–Kier alpha value is -2.76. The second-order valence-corrected chi connectivity index (χ2v) is 11.9. The van der Waals surface area contributed by atoms with E-state index in [9.17, 15) is 22.0 Å². The molecule has 1 aromatic heterocycles. The van der Waals surface area contributed by atoms with Gasteiger partial charge >= 0.3 is 29.6 Å². The molecule has 1 amide bonds. The molecule has 2 heterocycles. The number of pyridine rings is 1. The number of carbonyl (C=O) groups is 1. The average Bonchev–Trinajstić information content (AvgIpc) is 3.02. The van der Waals surface area contributed by atoms with Gasteiger partial charge in [0.25, 0.3) is 0 Å². The van der Waals surface area contributed by atoms with Crippen LogP contribution in [0.15, 0.2) is 66.7 Å². The van der Waals surface area contributed by atoms with Gasteiger partial charge in [-0.3, -0.25) is 4.79 Å². The molecule has 6 nitrogen and oxygen atoms in total. The van der Waals surface area contributed by atoms with E-state index in [1.54, 1.807) is 24.3 Å². The molecule has 3 aromatic carbocycles. The van der Waals surface area contributed by atoms with Crippen LogP contribution in [0, 0.1) is 11.6 Å². The Bertz CT molecular complexity index is 1710. The maximum atomic E-state index is 13.7. The summed E-state index contributed by atoms with van der Waals surface area (Å²) in [5.41, 5.74) is 4.10. The van der Waals surface area contributed by atoms with Crippen LogP contribution in [0.25, 0.3) is 23.1 Å². The number of amides is 1. The molecule has 0 fully saturated rings. The summed E-state index contributed by atoms with van der Waals surface area (Å²) in [6, 6.07) is 18.6. The summed E-state index contributed by atoms with van der Waals surface area (Å²) >= 11 is 0.920. The zero-order valence-corrected chi connectivity index (χ0v) is 22.0. The van der Waals surface area contributed by atoms with Crippen LogP contribution in [0.1, 0.15) is 40.1 Å². The SMILES string of the molecule is CC(=O)N(SC1c2ccccc2COc2ccc(/C=C/c3ccc4cc(F)c(F)cc4n3)cc21)S(C)(=O)=O.[NaH]. The molecule has 0 aliphatic carbocycles. The second-order valence-electron chi connectivity index (χ2n) is 8.81. The van der Waals surface area contributed by atoms with Crippen LogP contribution >= 0.6 is 11.9 Å². The summed E-state index contributed by atoms with van der Waals surface area (Å²) in [6.45, 7) is 1.51. The first-order valence-electron chi connectivity index (χ1n) is 11.6. The molecule has 11 heteroatoms. The Labute approximate surface area is 251 Å². The van der Waals surface area contributed by atoms with E-state index in [0.717, 1.165) is 50.7 Å². The van der Waals surface area contributed by atoms with Crippen LogP contribution in [0.3, 0.4) is 0 Å². The number of fused-ring (bicyclic) bond motifs is 3. The summed E-state index contributed by atoms with van der Waals surface area (Å²) in [4.78, 5) is 16.7. The first-order chi connectivity index (χ1) is 18.1. The van der Waals surface area contributed by atoms with E-state index in [1.807, 2.05) is 42.5 Å². The summed E-state index contributed by atoms with van der Waals surface area (Å²) < 4.78 is 58.8. The molecular formula is C28H23F2N2NaO4S2. The fourth-order valence-corrected chi connectivity index (χ4v) is 6.59. The summed E-state index contributed by atoms with van der Waals surface area (Å²) in [6.07, 6.45) is 4.55. The van der Waals surface area contributed by atoms with Gasteiger partial charge in [0.15, 0.2) is 11.6 Å². The van der Waals surface area contributed by atoms with Crippen LogP contribution in [-0.4, -0.2) is 58.8 Å². The third kappa shape index (κ3) is 6.36. The molecule has 0 saturated heterocycles. The van der Waals surface area contributed by atoms with Crippen molar-refractivity contribution in [3.05, 3.63) is 106 Å². The maximum absolute atomic E-state index is 13.7. The van der Waals surface area contributed by atoms with Crippen molar-refractivity contribution in [3.8, 4) is 5.75 Å². The van der Waals surface area contributed by atoms with Gasteiger partial charge in [-0.2, -0.15) is 3.71 Å². The molecule has 1 aliphatic heterocycles. The van der Waals surface area contributed by atoms with Crippen molar-refractivity contribution >= 4 is 80.5 Å². The first kappa shape index (κ1) is 29.2. The fourth-order valence-electron chi connectivity index (χ4n) is 4.25. The molecule has 0 N–H and O–H groups in total. The predicted octanol–water partition coefficient (Wildman–Crippen LogP) is 5.47. The molecule has 0 spiro atoms. The van der Waals surface area contributed by atoms with Gasteiger partial charge in [0.05, 0.1) is 22.7 Å². The molecule has 0 saturated carbocycles. The van der Waals surface area contributed by atoms with Crippen molar-refractivity contribution in [3.63, 3.8) is 0 Å². The third-order valence-corrected chi connectivity index (χ3v) is 9.09. The number of hydrogen-bond acceptors (Lipinski definition) is 6. The molecule has 196 valence electrons. The summed E-state index contributed by atoms with van der Waals surface area (Å²) in [5, 5.41) is -0.0463. The van der Waals surface area contributed by atoms with Gasteiger partial charge in [0.1, 0.15) is 12.4 Å². The van der Waals surface area contributed by atoms with Gasteiger partial charge in [-0.05, 0) is 59.0 Å². The van der Waals surface area contributed by atoms with E-state index in [1.165, 1.54) is 6.92 Å². The summed E-state index contributed by atoms with van der Waals surface area (Å²) in [5.74, 6) is -1.91. The molecule has 39 heavy (non-hydrogen) atoms. The molecule has 5 rings (SSSR count). The molecule has 4 aromatic rings. The minimum absolute atomic E-state index is 0. The molecular weight excluding hydrogens is 553 g/mol. The van der Waals surface area contributed by atoms with Crippen molar-refractivity contribution in [2.24, 2.45) is 0 Å². The number of rotatable bonds is 5. The van der Waals surface area contributed by atoms with E-state index in [4.69, 9.17) is 4.74 Å². The average molecular weight is 577 g/mol. The standard InChI is InChI=1S/C28H22F2N2O4S2.Na.H/c1-17(33)32(38(2,34)35)37-28-22-6-4-3-5-20(22)16-36-27-12-8-18(13-23(27)28)7-10-21-11-9-19-14-24(29)25(30)15-26(19)31-21;;/h3-15,28H,16H2,1-2H3;;/b10-7+;;. The zero-order chi connectivity index (χ0) is 27.0. The Kier molecular flexibility index (Phi) is 8.82. The number of sulfonamides is 1. The van der Waals surface area contributed by atoms with Crippen LogP contribution in [0.4, 0.5) is 8.78 Å². The zero-order valence-electron chi connectivity index (χ0n) is 20.4. The predicted molar refractivity (Wildman–Crippen MR) is 152 cm³/mol. The van der Waals surface area contributed by atoms with Gasteiger partial charge in [-0.15, -0.1) is 0 Å². The number of halogens is 2. The fraction of sp³-hybridized carbons (Fsp3) is 0.143. The van der Waals surface area contributed by atoms with E-state index < -0.39 is 32.8 Å². The molecule has 0 bridgehead atoms. The number of benzene rings is 3. The topological polar surface area (TPSA) is 76.6 Å². The normalized spacial score (nSPS) is 14.6. The van der Waals surface area contributed by atoms with E-state index in [2.05, 4.69) is 4.98 Å². The van der Waals surface area contributed by atoms with Crippen LogP contribution in [-0.2, 0) is 21.4 Å². The van der Waals surface area contributed by atoms with Gasteiger partial charge in [-0.25, -0.2) is 22.2 Å². The molecule has 1 aliphatic rings. The van der Waals surface area contributed by atoms with Crippen molar-refractivity contribution < 1.29 is 26.7 Å². The first-order valence-corrected chi connectivity index (χ1v) is 14.2. The Morgan fingerprint density at radius 2 is 1.77 bits per heavy atom. The third-order valence-electron chi connectivity index (χ3n) is 6.00. The van der Waals surface area contributed by atoms with Crippen molar-refractivity contribution in [2.75, 3.05) is 6.26 Å². The van der Waals surface area contributed by atoms with E-state index >= 15 is 0 Å². The van der Waals surface area contributed by atoms with Gasteiger partial charge in [-0.1, -0.05) is 42.5 Å². The van der Waals surface area contributed by atoms with Gasteiger partial charge in [0, 0.05) is 23.9 Å². The van der Waals surface area contributed by atoms with Crippen molar-refractivity contribution in [1.29, 1.82) is 0 Å². The molecule has 0 radical (unpaired) electrons. The van der Waals surface area contributed by atoms with E-state index in [-0.39, 0.29) is 29.6 Å². The van der Waals surface area contributed by atoms with Gasteiger partial charge in [0.2, 0.25) is 15.9 Å².